The van der Waals surface area contributed by atoms with E-state index in [9.17, 15) is 4.79 Å². The lowest BCUT2D eigenvalue weighted by atomic mass is 10.2. The summed E-state index contributed by atoms with van der Waals surface area (Å²) in [6, 6.07) is 7.87. The number of piperazine rings is 1. The average Bonchev–Trinajstić information content (AvgIpc) is 2.55. The smallest absolute Gasteiger partial charge is 0.254 e. The van der Waals surface area contributed by atoms with E-state index in [1.807, 2.05) is 31.2 Å². The summed E-state index contributed by atoms with van der Waals surface area (Å²) in [5, 5.41) is 3.19. The summed E-state index contributed by atoms with van der Waals surface area (Å²) in [5.74, 6) is 0.510. The van der Waals surface area contributed by atoms with E-state index in [1.54, 1.807) is 0 Å². The standard InChI is InChI=1S/C17H22N6O/c1-12-4-3-5-13(10-12)20-16-14(15(18)24)11-19-17(21-16)23-8-6-22(2)7-9-23/h3-5,10-11H,6-9H2,1-2H3,(H2,18,24)(H,19,20,21). The molecule has 1 saturated heterocycles. The van der Waals surface area contributed by atoms with Gasteiger partial charge in [0.25, 0.3) is 5.91 Å². The van der Waals surface area contributed by atoms with Gasteiger partial charge in [-0.05, 0) is 31.7 Å². The quantitative estimate of drug-likeness (QED) is 0.882. The molecule has 3 N–H and O–H groups in total. The van der Waals surface area contributed by atoms with Crippen LogP contribution >= 0.6 is 0 Å². The van der Waals surface area contributed by atoms with Crippen LogP contribution in [0.5, 0.6) is 0 Å². The minimum Gasteiger partial charge on any atom is -0.365 e. The molecule has 0 spiro atoms. The predicted octanol–water partition coefficient (Wildman–Crippen LogP) is 1.38. The number of aromatic nitrogens is 2. The normalized spacial score (nSPS) is 15.3. The molecule has 1 aromatic heterocycles. The zero-order valence-corrected chi connectivity index (χ0v) is 14.0. The molecule has 0 radical (unpaired) electrons. The van der Waals surface area contributed by atoms with Crippen molar-refractivity contribution in [3.8, 4) is 0 Å². The largest absolute Gasteiger partial charge is 0.365 e. The summed E-state index contributed by atoms with van der Waals surface area (Å²) in [7, 11) is 2.10. The van der Waals surface area contributed by atoms with Crippen LogP contribution in [-0.2, 0) is 0 Å². The van der Waals surface area contributed by atoms with Crippen molar-refractivity contribution in [2.45, 2.75) is 6.92 Å². The first kappa shape index (κ1) is 16.2. The molecule has 1 aliphatic heterocycles. The number of aryl methyl sites for hydroxylation is 1. The van der Waals surface area contributed by atoms with E-state index in [-0.39, 0.29) is 5.56 Å². The van der Waals surface area contributed by atoms with Gasteiger partial charge in [0, 0.05) is 38.1 Å². The Morgan fingerprint density at radius 3 is 2.67 bits per heavy atom. The molecule has 1 aliphatic rings. The number of benzene rings is 1. The number of primary amides is 1. The van der Waals surface area contributed by atoms with Gasteiger partial charge in [-0.15, -0.1) is 0 Å². The molecular formula is C17H22N6O. The lowest BCUT2D eigenvalue weighted by Gasteiger charge is -2.32. The number of nitrogens with one attached hydrogen (secondary N) is 1. The van der Waals surface area contributed by atoms with Crippen LogP contribution in [0.25, 0.3) is 0 Å². The third-order valence-electron chi connectivity index (χ3n) is 4.11. The van der Waals surface area contributed by atoms with Crippen LogP contribution in [-0.4, -0.2) is 54.0 Å². The highest BCUT2D eigenvalue weighted by Gasteiger charge is 2.19. The monoisotopic (exact) mass is 326 g/mol. The van der Waals surface area contributed by atoms with Crippen molar-refractivity contribution in [2.24, 2.45) is 5.73 Å². The Balaban J connectivity index is 1.90. The lowest BCUT2D eigenvalue weighted by Crippen LogP contribution is -2.45. The van der Waals surface area contributed by atoms with E-state index in [0.717, 1.165) is 37.4 Å². The van der Waals surface area contributed by atoms with Crippen molar-refractivity contribution in [3.05, 3.63) is 41.6 Å². The molecule has 126 valence electrons. The third-order valence-corrected chi connectivity index (χ3v) is 4.11. The number of rotatable bonds is 4. The van der Waals surface area contributed by atoms with E-state index < -0.39 is 5.91 Å². The van der Waals surface area contributed by atoms with Gasteiger partial charge in [-0.1, -0.05) is 12.1 Å². The van der Waals surface area contributed by atoms with Crippen LogP contribution in [0.1, 0.15) is 15.9 Å². The third kappa shape index (κ3) is 3.62. The molecule has 0 aliphatic carbocycles. The van der Waals surface area contributed by atoms with Crippen LogP contribution in [0.4, 0.5) is 17.5 Å². The highest BCUT2D eigenvalue weighted by molar-refractivity contribution is 5.98. The first-order valence-corrected chi connectivity index (χ1v) is 7.97. The Bertz CT molecular complexity index is 740. The van der Waals surface area contributed by atoms with Crippen LogP contribution < -0.4 is 16.0 Å². The highest BCUT2D eigenvalue weighted by atomic mass is 16.1. The number of hydrogen-bond donors (Lipinski definition) is 2. The fourth-order valence-corrected chi connectivity index (χ4v) is 2.67. The van der Waals surface area contributed by atoms with Crippen LogP contribution in [0.3, 0.4) is 0 Å². The Morgan fingerprint density at radius 2 is 2.00 bits per heavy atom. The fourth-order valence-electron chi connectivity index (χ4n) is 2.67. The number of hydrogen-bond acceptors (Lipinski definition) is 6. The molecule has 2 aromatic rings. The van der Waals surface area contributed by atoms with E-state index in [2.05, 4.69) is 32.1 Å². The minimum absolute atomic E-state index is 0.286. The molecule has 0 atom stereocenters. The minimum atomic E-state index is -0.546. The molecule has 1 fully saturated rings. The molecule has 7 heteroatoms. The first-order chi connectivity index (χ1) is 11.5. The summed E-state index contributed by atoms with van der Waals surface area (Å²) < 4.78 is 0. The number of carbonyl (C=O) groups excluding carboxylic acids is 1. The highest BCUT2D eigenvalue weighted by Crippen LogP contribution is 2.22. The van der Waals surface area contributed by atoms with Gasteiger partial charge < -0.3 is 20.9 Å². The summed E-state index contributed by atoms with van der Waals surface area (Å²) in [4.78, 5) is 24.9. The van der Waals surface area contributed by atoms with Gasteiger partial charge in [-0.25, -0.2) is 4.98 Å². The van der Waals surface area contributed by atoms with Crippen molar-refractivity contribution < 1.29 is 4.79 Å². The van der Waals surface area contributed by atoms with Gasteiger partial charge in [0.05, 0.1) is 0 Å². The van der Waals surface area contributed by atoms with Gasteiger partial charge >= 0.3 is 0 Å². The fraction of sp³-hybridized carbons (Fsp3) is 0.353. The molecule has 1 amide bonds. The van der Waals surface area contributed by atoms with E-state index >= 15 is 0 Å². The maximum Gasteiger partial charge on any atom is 0.254 e. The summed E-state index contributed by atoms with van der Waals surface area (Å²) in [6.07, 6.45) is 1.50. The van der Waals surface area contributed by atoms with Crippen LogP contribution in [0.2, 0.25) is 0 Å². The van der Waals surface area contributed by atoms with Crippen molar-refractivity contribution in [1.29, 1.82) is 0 Å². The summed E-state index contributed by atoms with van der Waals surface area (Å²) in [5.41, 5.74) is 7.73. The SMILES string of the molecule is Cc1cccc(Nc2nc(N3CCN(C)CC3)ncc2C(N)=O)c1. The second kappa shape index (κ2) is 6.84. The lowest BCUT2D eigenvalue weighted by molar-refractivity contribution is 0.100. The topological polar surface area (TPSA) is 87.4 Å². The van der Waals surface area contributed by atoms with Gasteiger partial charge in [-0.3, -0.25) is 4.79 Å². The Kier molecular flexibility index (Phi) is 4.61. The number of nitrogens with zero attached hydrogens (tertiary/aromatic N) is 4. The second-order valence-corrected chi connectivity index (χ2v) is 6.08. The first-order valence-electron chi connectivity index (χ1n) is 7.97. The van der Waals surface area contributed by atoms with Crippen molar-refractivity contribution in [1.82, 2.24) is 14.9 Å². The number of nitrogens with two attached hydrogens (primary N) is 1. The maximum atomic E-state index is 11.7. The van der Waals surface area contributed by atoms with Crippen molar-refractivity contribution in [2.75, 3.05) is 43.4 Å². The van der Waals surface area contributed by atoms with Gasteiger partial charge in [0.1, 0.15) is 11.4 Å². The summed E-state index contributed by atoms with van der Waals surface area (Å²) >= 11 is 0. The Morgan fingerprint density at radius 1 is 1.25 bits per heavy atom. The van der Waals surface area contributed by atoms with E-state index in [1.165, 1.54) is 6.20 Å². The van der Waals surface area contributed by atoms with E-state index in [4.69, 9.17) is 5.73 Å². The average molecular weight is 326 g/mol. The van der Waals surface area contributed by atoms with Gasteiger partial charge in [0.2, 0.25) is 5.95 Å². The Hall–Kier alpha value is -2.67. The molecule has 0 saturated carbocycles. The predicted molar refractivity (Wildman–Crippen MR) is 94.7 cm³/mol. The van der Waals surface area contributed by atoms with Crippen molar-refractivity contribution >= 4 is 23.4 Å². The number of likely N-dealkylation sites (N-methyl/N-ethyl adjacent to an activating group) is 1. The molecule has 2 heterocycles. The zero-order chi connectivity index (χ0) is 17.1. The molecule has 24 heavy (non-hydrogen) atoms. The zero-order valence-electron chi connectivity index (χ0n) is 14.0. The number of anilines is 3. The molecular weight excluding hydrogens is 304 g/mol. The van der Waals surface area contributed by atoms with Crippen molar-refractivity contribution in [3.63, 3.8) is 0 Å². The number of amides is 1. The van der Waals surface area contributed by atoms with Gasteiger partial charge in [-0.2, -0.15) is 4.98 Å². The van der Waals surface area contributed by atoms with Crippen LogP contribution in [0, 0.1) is 6.92 Å². The maximum absolute atomic E-state index is 11.7. The van der Waals surface area contributed by atoms with Crippen LogP contribution in [0.15, 0.2) is 30.5 Å². The molecule has 1 aromatic carbocycles. The van der Waals surface area contributed by atoms with E-state index in [0.29, 0.717) is 11.8 Å². The molecule has 0 unspecified atom stereocenters. The molecule has 7 nitrogen and oxygen atoms in total. The molecule has 0 bridgehead atoms. The number of carbonyl (C=O) groups is 1. The van der Waals surface area contributed by atoms with Gasteiger partial charge in [0.15, 0.2) is 0 Å². The summed E-state index contributed by atoms with van der Waals surface area (Å²) in [6.45, 7) is 5.64. The second-order valence-electron chi connectivity index (χ2n) is 6.08. The molecule has 3 rings (SSSR count). The Labute approximate surface area is 141 Å².